The van der Waals surface area contributed by atoms with Crippen molar-refractivity contribution in [1.82, 2.24) is 0 Å². The predicted octanol–water partition coefficient (Wildman–Crippen LogP) is 6.24. The molecule has 0 radical (unpaired) electrons. The maximum Gasteiger partial charge on any atom is 0.192 e. The molecular weight excluding hydrogens is 392 g/mol. The number of carbonyl (C=O) groups excluding carboxylic acids is 4. The van der Waals surface area contributed by atoms with Crippen LogP contribution in [0.15, 0.2) is 0 Å². The molecule has 0 aliphatic heterocycles. The first-order valence-electron chi connectivity index (χ1n) is 10.4. The van der Waals surface area contributed by atoms with Gasteiger partial charge in [0.15, 0.2) is 10.2 Å². The third-order valence-corrected chi connectivity index (χ3v) is 6.82. The first-order valence-corrected chi connectivity index (χ1v) is 12.2. The number of hydrogen-bond acceptors (Lipinski definition) is 6. The highest BCUT2D eigenvalue weighted by Gasteiger charge is 2.20. The van der Waals surface area contributed by atoms with E-state index in [4.69, 9.17) is 0 Å². The zero-order valence-electron chi connectivity index (χ0n) is 18.8. The van der Waals surface area contributed by atoms with E-state index in [0.717, 1.165) is 51.4 Å². The Hall–Kier alpha value is -0.620. The summed E-state index contributed by atoms with van der Waals surface area (Å²) in [5, 5.41) is -0.0566. The minimum absolute atomic E-state index is 0.0167. The van der Waals surface area contributed by atoms with Gasteiger partial charge in [-0.15, -0.1) is 0 Å². The predicted molar refractivity (Wildman–Crippen MR) is 123 cm³/mol. The first kappa shape index (κ1) is 29.6. The molecule has 2 atom stereocenters. The lowest BCUT2D eigenvalue weighted by molar-refractivity contribution is -0.117. The fraction of sp³-hybridized carbons (Fsp3) is 0.818. The van der Waals surface area contributed by atoms with E-state index in [-0.39, 0.29) is 38.2 Å². The molecule has 2 unspecified atom stereocenters. The van der Waals surface area contributed by atoms with Crippen LogP contribution in [0.5, 0.6) is 0 Å². The lowest BCUT2D eigenvalue weighted by Gasteiger charge is -2.13. The maximum absolute atomic E-state index is 11.5. The molecular formula is C22H40O4S2. The van der Waals surface area contributed by atoms with Gasteiger partial charge in [-0.1, -0.05) is 89.7 Å². The number of thioether (sulfide) groups is 2. The van der Waals surface area contributed by atoms with Crippen molar-refractivity contribution in [3.63, 3.8) is 0 Å². The van der Waals surface area contributed by atoms with Gasteiger partial charge in [-0.3, -0.25) is 19.2 Å². The molecule has 0 aromatic heterocycles. The van der Waals surface area contributed by atoms with Crippen molar-refractivity contribution in [3.05, 3.63) is 0 Å². The summed E-state index contributed by atoms with van der Waals surface area (Å²) >= 11 is 2.39. The van der Waals surface area contributed by atoms with Crippen molar-refractivity contribution >= 4 is 45.3 Å². The smallest absolute Gasteiger partial charge is 0.192 e. The molecule has 0 amide bonds. The normalized spacial score (nSPS) is 12.7. The van der Waals surface area contributed by atoms with Gasteiger partial charge in [-0.2, -0.15) is 0 Å². The molecule has 0 fully saturated rings. The van der Waals surface area contributed by atoms with Crippen LogP contribution in [0, 0.1) is 5.92 Å². The van der Waals surface area contributed by atoms with E-state index in [1.54, 1.807) is 13.8 Å². The van der Waals surface area contributed by atoms with Crippen LogP contribution < -0.4 is 0 Å². The Morgan fingerprint density at radius 3 is 1.36 bits per heavy atom. The average Bonchev–Trinajstić information content (AvgIpc) is 2.60. The molecule has 0 rings (SSSR count). The Labute approximate surface area is 180 Å². The van der Waals surface area contributed by atoms with E-state index in [9.17, 15) is 19.2 Å². The number of ketones is 2. The van der Waals surface area contributed by atoms with Crippen molar-refractivity contribution in [1.29, 1.82) is 0 Å². The minimum atomic E-state index is -0.119. The molecule has 0 aliphatic carbocycles. The highest BCUT2D eigenvalue weighted by Crippen LogP contribution is 2.23. The second-order valence-electron chi connectivity index (χ2n) is 7.39. The zero-order chi connectivity index (χ0) is 22.1. The van der Waals surface area contributed by atoms with Crippen LogP contribution in [-0.4, -0.2) is 32.3 Å². The third-order valence-electron chi connectivity index (χ3n) is 4.08. The highest BCUT2D eigenvalue weighted by atomic mass is 32.2. The molecule has 0 bridgehead atoms. The Kier molecular flexibility index (Phi) is 19.5. The molecule has 0 aromatic rings. The number of hydrogen-bond donors (Lipinski definition) is 0. The number of carbonyl (C=O) groups is 4. The van der Waals surface area contributed by atoms with Gasteiger partial charge in [0.1, 0.15) is 11.6 Å². The van der Waals surface area contributed by atoms with Gasteiger partial charge in [0.05, 0.1) is 10.5 Å². The van der Waals surface area contributed by atoms with Gasteiger partial charge < -0.3 is 0 Å². The summed E-state index contributed by atoms with van der Waals surface area (Å²) in [6, 6.07) is 0. The van der Waals surface area contributed by atoms with Gasteiger partial charge in [-0.05, 0) is 26.7 Å². The lowest BCUT2D eigenvalue weighted by Crippen LogP contribution is -2.18. The summed E-state index contributed by atoms with van der Waals surface area (Å²) in [5.41, 5.74) is 0. The number of Topliss-reactive ketones (excluding diaryl/α,β-unsaturated/α-hetero) is 2. The molecule has 0 aliphatic rings. The van der Waals surface area contributed by atoms with Crippen molar-refractivity contribution in [2.24, 2.45) is 5.92 Å². The van der Waals surface area contributed by atoms with Crippen molar-refractivity contribution in [3.8, 4) is 0 Å². The summed E-state index contributed by atoms with van der Waals surface area (Å²) in [5.74, 6) is 0.268. The minimum Gasteiger partial charge on any atom is -0.299 e. The molecule has 0 saturated carbocycles. The second kappa shape index (κ2) is 18.4. The topological polar surface area (TPSA) is 68.3 Å². The Bertz CT molecular complexity index is 475. The Balaban J connectivity index is 0. The van der Waals surface area contributed by atoms with E-state index in [1.807, 2.05) is 13.8 Å². The van der Waals surface area contributed by atoms with Crippen LogP contribution in [0.25, 0.3) is 0 Å². The van der Waals surface area contributed by atoms with E-state index >= 15 is 0 Å². The molecule has 0 N–H and O–H groups in total. The molecule has 0 saturated heterocycles. The van der Waals surface area contributed by atoms with Gasteiger partial charge >= 0.3 is 0 Å². The Morgan fingerprint density at radius 1 is 0.679 bits per heavy atom. The summed E-state index contributed by atoms with van der Waals surface area (Å²) in [6.45, 7) is 12.7. The van der Waals surface area contributed by atoms with Gasteiger partial charge in [0, 0.05) is 12.8 Å². The van der Waals surface area contributed by atoms with Gasteiger partial charge in [0.25, 0.3) is 0 Å². The van der Waals surface area contributed by atoms with E-state index in [2.05, 4.69) is 13.8 Å². The monoisotopic (exact) mass is 432 g/mol. The zero-order valence-corrected chi connectivity index (χ0v) is 20.5. The summed E-state index contributed by atoms with van der Waals surface area (Å²) in [7, 11) is 0. The van der Waals surface area contributed by atoms with Crippen LogP contribution in [0.2, 0.25) is 0 Å². The quantitative estimate of drug-likeness (QED) is 0.321. The van der Waals surface area contributed by atoms with Crippen LogP contribution >= 0.6 is 23.5 Å². The fourth-order valence-corrected chi connectivity index (χ4v) is 4.18. The SMILES string of the molecule is CCCCCC(SC(=O)C(C)C)C(C)=O.CCCCCC(SC(C)=O)C(C)=O. The van der Waals surface area contributed by atoms with E-state index in [0.29, 0.717) is 0 Å². The largest absolute Gasteiger partial charge is 0.299 e. The van der Waals surface area contributed by atoms with Crippen LogP contribution in [0.1, 0.15) is 99.8 Å². The van der Waals surface area contributed by atoms with Crippen molar-refractivity contribution in [2.75, 3.05) is 0 Å². The molecule has 164 valence electrons. The van der Waals surface area contributed by atoms with E-state index < -0.39 is 0 Å². The number of rotatable bonds is 13. The number of unbranched alkanes of at least 4 members (excludes halogenated alkanes) is 4. The van der Waals surface area contributed by atoms with Gasteiger partial charge in [0.2, 0.25) is 0 Å². The average molecular weight is 433 g/mol. The Morgan fingerprint density at radius 2 is 1.07 bits per heavy atom. The summed E-state index contributed by atoms with van der Waals surface area (Å²) in [4.78, 5) is 44.7. The van der Waals surface area contributed by atoms with Crippen LogP contribution in [0.3, 0.4) is 0 Å². The first-order chi connectivity index (χ1) is 13.1. The molecule has 0 aromatic carbocycles. The second-order valence-corrected chi connectivity index (χ2v) is 9.98. The van der Waals surface area contributed by atoms with E-state index in [1.165, 1.54) is 30.4 Å². The lowest BCUT2D eigenvalue weighted by atomic mass is 10.1. The molecule has 28 heavy (non-hydrogen) atoms. The van der Waals surface area contributed by atoms with Gasteiger partial charge in [-0.25, -0.2) is 0 Å². The fourth-order valence-electron chi connectivity index (χ4n) is 2.33. The molecule has 4 nitrogen and oxygen atoms in total. The standard InChI is InChI=1S/C12H22O2S.C10H18O2S/c1-5-6-7-8-11(10(4)13)15-12(14)9(2)3;1-4-5-6-7-10(8(2)11)13-9(3)12/h9,11H,5-8H2,1-4H3;10H,4-7H2,1-3H3. The summed E-state index contributed by atoms with van der Waals surface area (Å²) < 4.78 is 0. The van der Waals surface area contributed by atoms with Crippen molar-refractivity contribution < 1.29 is 19.2 Å². The van der Waals surface area contributed by atoms with Crippen LogP contribution in [0.4, 0.5) is 0 Å². The summed E-state index contributed by atoms with van der Waals surface area (Å²) in [6.07, 6.45) is 8.34. The van der Waals surface area contributed by atoms with Crippen LogP contribution in [-0.2, 0) is 19.2 Å². The highest BCUT2D eigenvalue weighted by molar-refractivity contribution is 8.15. The maximum atomic E-state index is 11.5. The third kappa shape index (κ3) is 17.5. The van der Waals surface area contributed by atoms with Crippen molar-refractivity contribution in [2.45, 2.75) is 110 Å². The molecule has 6 heteroatoms. The molecule has 0 spiro atoms. The molecule has 0 heterocycles.